The Balaban J connectivity index is 0.00000121. The van der Waals surface area contributed by atoms with Crippen molar-refractivity contribution in [1.29, 1.82) is 0 Å². The summed E-state index contributed by atoms with van der Waals surface area (Å²) in [7, 11) is 2.19. The van der Waals surface area contributed by atoms with E-state index in [1.54, 1.807) is 0 Å². The highest BCUT2D eigenvalue weighted by Gasteiger charge is 2.42. The quantitative estimate of drug-likeness (QED) is 0.764. The number of nitrogens with one attached hydrogen (secondary N) is 1. The van der Waals surface area contributed by atoms with Crippen molar-refractivity contribution in [3.05, 3.63) is 0 Å². The summed E-state index contributed by atoms with van der Waals surface area (Å²) in [6, 6.07) is 0. The Labute approximate surface area is 145 Å². The summed E-state index contributed by atoms with van der Waals surface area (Å²) in [5.41, 5.74) is 0.404. The van der Waals surface area contributed by atoms with Crippen LogP contribution >= 0.6 is 24.8 Å². The van der Waals surface area contributed by atoms with Crippen LogP contribution in [-0.4, -0.2) is 75.2 Å². The third-order valence-electron chi connectivity index (χ3n) is 5.28. The molecular weight excluding hydrogens is 325 g/mol. The van der Waals surface area contributed by atoms with Gasteiger partial charge in [0, 0.05) is 26.2 Å². The topological polar surface area (TPSA) is 44.8 Å². The molecule has 3 rings (SSSR count). The molecule has 1 unspecified atom stereocenters. The number of halogens is 2. The maximum Gasteiger partial charge on any atom is 0.229 e. The zero-order chi connectivity index (χ0) is 14.0. The highest BCUT2D eigenvalue weighted by atomic mass is 35.5. The second kappa shape index (κ2) is 8.69. The fraction of sp³-hybridized carbons (Fsp3) is 0.933. The molecule has 1 spiro atoms. The van der Waals surface area contributed by atoms with Crippen LogP contribution in [0, 0.1) is 11.3 Å². The predicted molar refractivity (Wildman–Crippen MR) is 92.0 cm³/mol. The Kier molecular flexibility index (Phi) is 7.89. The maximum atomic E-state index is 12.6. The van der Waals surface area contributed by atoms with E-state index in [4.69, 9.17) is 4.74 Å². The number of hydrogen-bond donors (Lipinski definition) is 1. The van der Waals surface area contributed by atoms with Crippen molar-refractivity contribution in [3.63, 3.8) is 0 Å². The molecule has 0 saturated carbocycles. The Bertz CT molecular complexity index is 355. The van der Waals surface area contributed by atoms with E-state index in [0.717, 1.165) is 32.8 Å². The van der Waals surface area contributed by atoms with E-state index in [1.807, 2.05) is 0 Å². The first kappa shape index (κ1) is 20.0. The molecule has 3 aliphatic rings. The Morgan fingerprint density at radius 3 is 2.59 bits per heavy atom. The number of carbonyl (C=O) groups is 1. The molecule has 22 heavy (non-hydrogen) atoms. The molecule has 3 aliphatic heterocycles. The van der Waals surface area contributed by atoms with Crippen molar-refractivity contribution in [3.8, 4) is 0 Å². The van der Waals surface area contributed by atoms with Crippen LogP contribution in [0.5, 0.6) is 0 Å². The number of carbonyl (C=O) groups excluding carboxylic acids is 1. The second-order valence-electron chi connectivity index (χ2n) is 6.79. The minimum atomic E-state index is 0. The van der Waals surface area contributed by atoms with Crippen molar-refractivity contribution in [2.75, 3.05) is 59.5 Å². The fourth-order valence-corrected chi connectivity index (χ4v) is 3.75. The van der Waals surface area contributed by atoms with Gasteiger partial charge < -0.3 is 19.9 Å². The van der Waals surface area contributed by atoms with Gasteiger partial charge >= 0.3 is 0 Å². The number of nitrogens with zero attached hydrogens (tertiary/aromatic N) is 2. The monoisotopic (exact) mass is 353 g/mol. The van der Waals surface area contributed by atoms with Crippen LogP contribution in [-0.2, 0) is 9.53 Å². The Morgan fingerprint density at radius 1 is 1.18 bits per heavy atom. The van der Waals surface area contributed by atoms with Crippen LogP contribution in [0.4, 0.5) is 0 Å². The summed E-state index contributed by atoms with van der Waals surface area (Å²) in [5, 5.41) is 3.30. The minimum absolute atomic E-state index is 0. The number of amides is 1. The molecular formula is C15H29Cl2N3O2. The number of rotatable bonds is 1. The van der Waals surface area contributed by atoms with Crippen molar-refractivity contribution < 1.29 is 9.53 Å². The van der Waals surface area contributed by atoms with Crippen molar-refractivity contribution >= 4 is 30.7 Å². The molecule has 0 aromatic carbocycles. The molecule has 130 valence electrons. The lowest BCUT2D eigenvalue weighted by Crippen LogP contribution is -2.43. The van der Waals surface area contributed by atoms with Gasteiger partial charge in [-0.1, -0.05) is 0 Å². The number of hydrogen-bond acceptors (Lipinski definition) is 4. The van der Waals surface area contributed by atoms with Gasteiger partial charge in [-0.05, 0) is 44.8 Å². The van der Waals surface area contributed by atoms with E-state index in [0.29, 0.717) is 17.9 Å². The van der Waals surface area contributed by atoms with Gasteiger partial charge in [0.05, 0.1) is 19.1 Å². The number of piperidine rings is 1. The van der Waals surface area contributed by atoms with Crippen molar-refractivity contribution in [1.82, 2.24) is 15.1 Å². The van der Waals surface area contributed by atoms with Gasteiger partial charge in [0.25, 0.3) is 0 Å². The maximum absolute atomic E-state index is 12.6. The summed E-state index contributed by atoms with van der Waals surface area (Å²) < 4.78 is 5.52. The molecule has 0 radical (unpaired) electrons. The average molecular weight is 354 g/mol. The molecule has 1 atom stereocenters. The third kappa shape index (κ3) is 4.48. The molecule has 5 nitrogen and oxygen atoms in total. The van der Waals surface area contributed by atoms with E-state index in [1.165, 1.54) is 32.4 Å². The van der Waals surface area contributed by atoms with Crippen molar-refractivity contribution in [2.45, 2.75) is 19.3 Å². The summed E-state index contributed by atoms with van der Waals surface area (Å²) >= 11 is 0. The molecule has 0 bridgehead atoms. The van der Waals surface area contributed by atoms with E-state index in [9.17, 15) is 4.79 Å². The van der Waals surface area contributed by atoms with Crippen LogP contribution in [0.3, 0.4) is 0 Å². The highest BCUT2D eigenvalue weighted by molar-refractivity contribution is 5.85. The van der Waals surface area contributed by atoms with Gasteiger partial charge in [0.1, 0.15) is 0 Å². The normalized spacial score (nSPS) is 28.6. The Morgan fingerprint density at radius 2 is 1.86 bits per heavy atom. The molecule has 3 heterocycles. The van der Waals surface area contributed by atoms with Gasteiger partial charge in [-0.2, -0.15) is 0 Å². The summed E-state index contributed by atoms with van der Waals surface area (Å²) in [6.07, 6.45) is 3.67. The van der Waals surface area contributed by atoms with E-state index < -0.39 is 0 Å². The highest BCUT2D eigenvalue weighted by Crippen LogP contribution is 2.40. The van der Waals surface area contributed by atoms with E-state index in [2.05, 4.69) is 22.2 Å². The van der Waals surface area contributed by atoms with Crippen LogP contribution in [0.15, 0.2) is 0 Å². The number of likely N-dealkylation sites (tertiary alicyclic amines) is 2. The number of ether oxygens (including phenoxy) is 1. The van der Waals surface area contributed by atoms with Crippen LogP contribution in [0.25, 0.3) is 0 Å². The van der Waals surface area contributed by atoms with E-state index >= 15 is 0 Å². The lowest BCUT2D eigenvalue weighted by Gasteiger charge is -2.37. The Hall–Kier alpha value is -0.0700. The van der Waals surface area contributed by atoms with Gasteiger partial charge in [-0.3, -0.25) is 4.79 Å². The molecule has 0 aromatic heterocycles. The summed E-state index contributed by atoms with van der Waals surface area (Å²) in [4.78, 5) is 17.1. The minimum Gasteiger partial charge on any atom is -0.379 e. The summed E-state index contributed by atoms with van der Waals surface area (Å²) in [5.74, 6) is 0.314. The lowest BCUT2D eigenvalue weighted by molar-refractivity contribution is -0.136. The third-order valence-corrected chi connectivity index (χ3v) is 5.28. The van der Waals surface area contributed by atoms with Gasteiger partial charge in [-0.25, -0.2) is 0 Å². The predicted octanol–water partition coefficient (Wildman–Crippen LogP) is 1.01. The average Bonchev–Trinajstić information content (AvgIpc) is 2.69. The molecule has 3 saturated heterocycles. The fourth-order valence-electron chi connectivity index (χ4n) is 3.75. The molecule has 0 aliphatic carbocycles. The van der Waals surface area contributed by atoms with Crippen LogP contribution in [0.2, 0.25) is 0 Å². The molecule has 1 N–H and O–H groups in total. The van der Waals surface area contributed by atoms with Crippen LogP contribution in [0.1, 0.15) is 19.3 Å². The smallest absolute Gasteiger partial charge is 0.229 e. The first-order valence-electron chi connectivity index (χ1n) is 7.94. The van der Waals surface area contributed by atoms with Gasteiger partial charge in [-0.15, -0.1) is 24.8 Å². The summed E-state index contributed by atoms with van der Waals surface area (Å²) in [6.45, 7) is 7.20. The first-order chi connectivity index (χ1) is 9.69. The largest absolute Gasteiger partial charge is 0.379 e. The van der Waals surface area contributed by atoms with Gasteiger partial charge in [0.15, 0.2) is 0 Å². The van der Waals surface area contributed by atoms with Crippen molar-refractivity contribution in [2.24, 2.45) is 11.3 Å². The van der Waals surface area contributed by atoms with Gasteiger partial charge in [0.2, 0.25) is 5.91 Å². The SMILES string of the molecule is CN1CCC2(CC1)CCN(C(=O)C1CNCCOC1)C2.Cl.Cl. The first-order valence-corrected chi connectivity index (χ1v) is 7.94. The standard InChI is InChI=1S/C15H27N3O2.2ClH/c1-17-6-2-15(3-7-17)4-8-18(12-15)14(19)13-10-16-5-9-20-11-13;;/h13,16H,2-12H2,1H3;2*1H. The molecule has 0 aromatic rings. The van der Waals surface area contributed by atoms with Crippen LogP contribution < -0.4 is 5.32 Å². The van der Waals surface area contributed by atoms with E-state index in [-0.39, 0.29) is 30.7 Å². The zero-order valence-electron chi connectivity index (χ0n) is 13.4. The second-order valence-corrected chi connectivity index (χ2v) is 6.79. The molecule has 1 amide bonds. The molecule has 7 heteroatoms. The zero-order valence-corrected chi connectivity index (χ0v) is 15.0. The lowest BCUT2D eigenvalue weighted by atomic mass is 9.78. The molecule has 3 fully saturated rings.